The average molecular weight is 231 g/mol. The summed E-state index contributed by atoms with van der Waals surface area (Å²) in [7, 11) is 0. The molecule has 0 spiro atoms. The van der Waals surface area contributed by atoms with Gasteiger partial charge >= 0.3 is 0 Å². The van der Waals surface area contributed by atoms with Gasteiger partial charge in [-0.3, -0.25) is 0 Å². The van der Waals surface area contributed by atoms with E-state index in [0.29, 0.717) is 22.1 Å². The summed E-state index contributed by atoms with van der Waals surface area (Å²) in [6.07, 6.45) is 2.04. The molecule has 1 aliphatic carbocycles. The molecule has 0 aliphatic heterocycles. The van der Waals surface area contributed by atoms with Crippen molar-refractivity contribution in [3.8, 4) is 0 Å². The molecular weight excluding hydrogens is 219 g/mol. The second kappa shape index (κ2) is 3.97. The van der Waals surface area contributed by atoms with Crippen molar-refractivity contribution >= 4 is 28.9 Å². The lowest BCUT2D eigenvalue weighted by Crippen LogP contribution is -2.44. The van der Waals surface area contributed by atoms with Gasteiger partial charge in [-0.25, -0.2) is 0 Å². The highest BCUT2D eigenvalue weighted by molar-refractivity contribution is 6.35. The van der Waals surface area contributed by atoms with Crippen molar-refractivity contribution in [3.63, 3.8) is 0 Å². The van der Waals surface area contributed by atoms with Crippen molar-refractivity contribution in [2.24, 2.45) is 5.73 Å². The van der Waals surface area contributed by atoms with Crippen LogP contribution in [0.3, 0.4) is 0 Å². The Morgan fingerprint density at radius 2 is 1.71 bits per heavy atom. The predicted molar refractivity (Wildman–Crippen MR) is 61.1 cm³/mol. The van der Waals surface area contributed by atoms with Gasteiger partial charge in [0.05, 0.1) is 0 Å². The van der Waals surface area contributed by atoms with Crippen LogP contribution in [0.2, 0.25) is 10.0 Å². The predicted octanol–water partition coefficient (Wildman–Crippen LogP) is 2.90. The minimum Gasteiger partial charge on any atom is -0.382 e. The summed E-state index contributed by atoms with van der Waals surface area (Å²) in [6.45, 7) is 0. The number of halogens is 2. The Labute approximate surface area is 93.4 Å². The van der Waals surface area contributed by atoms with Gasteiger partial charge < -0.3 is 11.1 Å². The number of nitrogens with two attached hydrogens (primary N) is 1. The quantitative estimate of drug-likeness (QED) is 0.821. The van der Waals surface area contributed by atoms with E-state index in [4.69, 9.17) is 28.9 Å². The first-order valence-corrected chi connectivity index (χ1v) is 5.37. The largest absolute Gasteiger partial charge is 0.382 e. The third-order valence-corrected chi connectivity index (χ3v) is 2.84. The molecule has 0 radical (unpaired) electrons. The summed E-state index contributed by atoms with van der Waals surface area (Å²) < 4.78 is 0. The molecule has 2 nitrogen and oxygen atoms in total. The molecule has 0 heterocycles. The molecule has 1 aromatic carbocycles. The second-order valence-electron chi connectivity index (χ2n) is 3.73. The molecule has 1 aliphatic rings. The van der Waals surface area contributed by atoms with E-state index in [0.717, 1.165) is 18.5 Å². The number of hydrogen-bond acceptors (Lipinski definition) is 2. The Morgan fingerprint density at radius 1 is 1.14 bits per heavy atom. The first-order chi connectivity index (χ1) is 6.63. The number of rotatable bonds is 2. The minimum absolute atomic E-state index is 0.349. The molecule has 0 aromatic heterocycles. The van der Waals surface area contributed by atoms with Crippen LogP contribution in [0, 0.1) is 0 Å². The molecule has 0 unspecified atom stereocenters. The molecule has 0 saturated heterocycles. The summed E-state index contributed by atoms with van der Waals surface area (Å²) in [5.41, 5.74) is 6.66. The van der Waals surface area contributed by atoms with Gasteiger partial charge in [-0.2, -0.15) is 0 Å². The maximum atomic E-state index is 5.87. The monoisotopic (exact) mass is 230 g/mol. The molecule has 0 atom stereocenters. The number of hydrogen-bond donors (Lipinski definition) is 2. The molecule has 1 aromatic rings. The normalized spacial score (nSPS) is 25.6. The van der Waals surface area contributed by atoms with Crippen LogP contribution >= 0.6 is 23.2 Å². The molecule has 4 heteroatoms. The van der Waals surface area contributed by atoms with E-state index in [2.05, 4.69) is 5.32 Å². The Morgan fingerprint density at radius 3 is 2.21 bits per heavy atom. The average Bonchev–Trinajstić information content (AvgIpc) is 1.99. The van der Waals surface area contributed by atoms with Crippen LogP contribution in [0.5, 0.6) is 0 Å². The standard InChI is InChI=1S/C10H12Cl2N2/c11-6-1-7(12)3-9(2-6)14-10-4-8(13)5-10/h1-3,8,10,14H,4-5,13H2. The van der Waals surface area contributed by atoms with E-state index in [1.165, 1.54) is 0 Å². The van der Waals surface area contributed by atoms with Crippen molar-refractivity contribution in [2.45, 2.75) is 24.9 Å². The number of nitrogens with one attached hydrogen (secondary N) is 1. The van der Waals surface area contributed by atoms with Crippen LogP contribution in [0.25, 0.3) is 0 Å². The zero-order chi connectivity index (χ0) is 10.1. The summed E-state index contributed by atoms with van der Waals surface area (Å²) in [5.74, 6) is 0. The van der Waals surface area contributed by atoms with Crippen molar-refractivity contribution in [2.75, 3.05) is 5.32 Å². The SMILES string of the molecule is NC1CC(Nc2cc(Cl)cc(Cl)c2)C1. The van der Waals surface area contributed by atoms with Crippen molar-refractivity contribution in [3.05, 3.63) is 28.2 Å². The lowest BCUT2D eigenvalue weighted by Gasteiger charge is -2.33. The summed E-state index contributed by atoms with van der Waals surface area (Å²) >= 11 is 11.7. The lowest BCUT2D eigenvalue weighted by molar-refractivity contribution is 0.374. The van der Waals surface area contributed by atoms with Gasteiger partial charge in [0.1, 0.15) is 0 Å². The van der Waals surface area contributed by atoms with Gasteiger partial charge in [0, 0.05) is 27.8 Å². The summed E-state index contributed by atoms with van der Waals surface area (Å²) in [4.78, 5) is 0. The smallest absolute Gasteiger partial charge is 0.0441 e. The first kappa shape index (κ1) is 10.1. The van der Waals surface area contributed by atoms with E-state index >= 15 is 0 Å². The number of benzene rings is 1. The van der Waals surface area contributed by atoms with Crippen LogP contribution in [0.15, 0.2) is 18.2 Å². The molecule has 3 N–H and O–H groups in total. The first-order valence-electron chi connectivity index (χ1n) is 4.62. The van der Waals surface area contributed by atoms with Gasteiger partial charge in [0.15, 0.2) is 0 Å². The highest BCUT2D eigenvalue weighted by Crippen LogP contribution is 2.27. The summed E-state index contributed by atoms with van der Waals surface area (Å²) in [6, 6.07) is 6.29. The van der Waals surface area contributed by atoms with Crippen LogP contribution in [0.4, 0.5) is 5.69 Å². The fraction of sp³-hybridized carbons (Fsp3) is 0.400. The molecule has 0 amide bonds. The maximum absolute atomic E-state index is 5.87. The van der Waals surface area contributed by atoms with Gasteiger partial charge in [-0.1, -0.05) is 23.2 Å². The van der Waals surface area contributed by atoms with E-state index in [1.54, 1.807) is 6.07 Å². The van der Waals surface area contributed by atoms with E-state index in [9.17, 15) is 0 Å². The molecule has 1 fully saturated rings. The highest BCUT2D eigenvalue weighted by atomic mass is 35.5. The Kier molecular flexibility index (Phi) is 2.86. The van der Waals surface area contributed by atoms with Crippen molar-refractivity contribution < 1.29 is 0 Å². The Bertz CT molecular complexity index is 315. The van der Waals surface area contributed by atoms with Crippen LogP contribution in [-0.4, -0.2) is 12.1 Å². The van der Waals surface area contributed by atoms with Crippen molar-refractivity contribution in [1.82, 2.24) is 0 Å². The zero-order valence-corrected chi connectivity index (χ0v) is 9.15. The van der Waals surface area contributed by atoms with Crippen LogP contribution in [0.1, 0.15) is 12.8 Å². The molecule has 76 valence electrons. The fourth-order valence-electron chi connectivity index (χ4n) is 1.65. The molecule has 2 rings (SSSR count). The van der Waals surface area contributed by atoms with E-state index < -0.39 is 0 Å². The highest BCUT2D eigenvalue weighted by Gasteiger charge is 2.25. The Hall–Kier alpha value is -0.440. The van der Waals surface area contributed by atoms with Crippen LogP contribution < -0.4 is 11.1 Å². The van der Waals surface area contributed by atoms with Gasteiger partial charge in [-0.05, 0) is 31.0 Å². The van der Waals surface area contributed by atoms with E-state index in [-0.39, 0.29) is 0 Å². The second-order valence-corrected chi connectivity index (χ2v) is 4.60. The lowest BCUT2D eigenvalue weighted by atomic mass is 9.87. The van der Waals surface area contributed by atoms with Gasteiger partial charge in [-0.15, -0.1) is 0 Å². The molecular formula is C10H12Cl2N2. The number of anilines is 1. The van der Waals surface area contributed by atoms with Gasteiger partial charge in [0.25, 0.3) is 0 Å². The molecule has 0 bridgehead atoms. The third kappa shape index (κ3) is 2.32. The minimum atomic E-state index is 0.349. The van der Waals surface area contributed by atoms with Crippen LogP contribution in [-0.2, 0) is 0 Å². The zero-order valence-electron chi connectivity index (χ0n) is 7.63. The molecule has 14 heavy (non-hydrogen) atoms. The molecule has 1 saturated carbocycles. The summed E-state index contributed by atoms with van der Waals surface area (Å²) in [5, 5.41) is 4.65. The topological polar surface area (TPSA) is 38.0 Å². The fourth-order valence-corrected chi connectivity index (χ4v) is 2.18. The van der Waals surface area contributed by atoms with Crippen molar-refractivity contribution in [1.29, 1.82) is 0 Å². The maximum Gasteiger partial charge on any atom is 0.0441 e. The Balaban J connectivity index is 2.02. The third-order valence-electron chi connectivity index (χ3n) is 2.41. The van der Waals surface area contributed by atoms with E-state index in [1.807, 2.05) is 12.1 Å². The van der Waals surface area contributed by atoms with Gasteiger partial charge in [0.2, 0.25) is 0 Å².